The van der Waals surface area contributed by atoms with Crippen LogP contribution >= 0.6 is 0 Å². The molecule has 0 fully saturated rings. The summed E-state index contributed by atoms with van der Waals surface area (Å²) in [5.74, 6) is 1.32. The Hall–Kier alpha value is -0.560. The lowest BCUT2D eigenvalue weighted by Gasteiger charge is -2.06. The average molecular weight is 226 g/mol. The lowest BCUT2D eigenvalue weighted by atomic mass is 10.0. The van der Waals surface area contributed by atoms with Crippen molar-refractivity contribution in [2.75, 3.05) is 0 Å². The van der Waals surface area contributed by atoms with Gasteiger partial charge in [0.1, 0.15) is 0 Å². The van der Waals surface area contributed by atoms with Crippen LogP contribution in [0.1, 0.15) is 53.4 Å². The van der Waals surface area contributed by atoms with E-state index in [2.05, 4.69) is 27.0 Å². The fourth-order valence-corrected chi connectivity index (χ4v) is 1.24. The number of rotatable bonds is 7. The van der Waals surface area contributed by atoms with Crippen LogP contribution in [0.3, 0.4) is 0 Å². The highest BCUT2D eigenvalue weighted by atomic mass is 16.3. The van der Waals surface area contributed by atoms with E-state index in [1.165, 1.54) is 19.3 Å². The second-order valence-corrected chi connectivity index (χ2v) is 4.68. The molecular formula is C15H30O. The maximum absolute atomic E-state index is 8.81. The molecule has 0 heterocycles. The van der Waals surface area contributed by atoms with Gasteiger partial charge in [-0.2, -0.15) is 0 Å². The number of hydrogen-bond donors (Lipinski definition) is 1. The summed E-state index contributed by atoms with van der Waals surface area (Å²) < 4.78 is 0. The lowest BCUT2D eigenvalue weighted by Crippen LogP contribution is -2.04. The molecule has 0 aliphatic heterocycles. The quantitative estimate of drug-likeness (QED) is 0.630. The molecule has 0 bridgehead atoms. The molecule has 0 saturated carbocycles. The third-order valence-electron chi connectivity index (χ3n) is 2.68. The van der Waals surface area contributed by atoms with Gasteiger partial charge in [-0.15, -0.1) is 13.2 Å². The van der Waals surface area contributed by atoms with Crippen LogP contribution in [0.15, 0.2) is 25.3 Å². The largest absolute Gasteiger partial charge is 0.393 e. The first-order chi connectivity index (χ1) is 7.47. The number of allylic oxidation sites excluding steroid dienone is 2. The Bertz CT molecular complexity index is 161. The number of aliphatic hydroxyl groups excluding tert-OH is 1. The molecule has 1 nitrogen and oxygen atoms in total. The van der Waals surface area contributed by atoms with Crippen molar-refractivity contribution in [3.05, 3.63) is 25.3 Å². The van der Waals surface area contributed by atoms with E-state index in [-0.39, 0.29) is 6.10 Å². The second kappa shape index (κ2) is 12.5. The molecule has 0 amide bonds. The molecule has 0 aromatic rings. The van der Waals surface area contributed by atoms with E-state index < -0.39 is 0 Å². The molecular weight excluding hydrogens is 196 g/mol. The zero-order chi connectivity index (χ0) is 13.0. The molecule has 3 unspecified atom stereocenters. The molecule has 0 spiro atoms. The van der Waals surface area contributed by atoms with E-state index in [9.17, 15) is 0 Å². The van der Waals surface area contributed by atoms with Gasteiger partial charge in [0.15, 0.2) is 0 Å². The third-order valence-corrected chi connectivity index (χ3v) is 2.68. The van der Waals surface area contributed by atoms with Gasteiger partial charge in [0.05, 0.1) is 6.10 Å². The Morgan fingerprint density at radius 3 is 2.00 bits per heavy atom. The maximum atomic E-state index is 8.81. The van der Waals surface area contributed by atoms with Gasteiger partial charge in [0.2, 0.25) is 0 Å². The van der Waals surface area contributed by atoms with Gasteiger partial charge in [-0.1, -0.05) is 39.3 Å². The first-order valence-corrected chi connectivity index (χ1v) is 6.39. The van der Waals surface area contributed by atoms with E-state index in [4.69, 9.17) is 5.11 Å². The van der Waals surface area contributed by atoms with Gasteiger partial charge >= 0.3 is 0 Å². The van der Waals surface area contributed by atoms with Crippen LogP contribution in [0.5, 0.6) is 0 Å². The summed E-state index contributed by atoms with van der Waals surface area (Å²) in [6.07, 6.45) is 8.26. The summed E-state index contributed by atoms with van der Waals surface area (Å²) in [4.78, 5) is 0. The number of hydrogen-bond acceptors (Lipinski definition) is 1. The summed E-state index contributed by atoms with van der Waals surface area (Å²) >= 11 is 0. The van der Waals surface area contributed by atoms with Gasteiger partial charge in [0.25, 0.3) is 0 Å². The van der Waals surface area contributed by atoms with Crippen molar-refractivity contribution in [2.24, 2.45) is 11.8 Å². The van der Waals surface area contributed by atoms with E-state index in [0.717, 1.165) is 12.3 Å². The van der Waals surface area contributed by atoms with Crippen molar-refractivity contribution in [1.82, 2.24) is 0 Å². The summed E-state index contributed by atoms with van der Waals surface area (Å²) in [5.41, 5.74) is 0. The normalized spacial score (nSPS) is 15.3. The standard InChI is InChI=1S/C8H16.C7H14O/c1-4-6-7-8(3)5-2;1-4-6(2)5-7(3)8/h4,8H,1,5-7H2,2-3H3;4,6-8H,1,5H2,2-3H3. The monoisotopic (exact) mass is 226 g/mol. The first-order valence-electron chi connectivity index (χ1n) is 6.39. The predicted octanol–water partition coefficient (Wildman–Crippen LogP) is 4.58. The SMILES string of the molecule is C=CC(C)CC(C)O.C=CCCC(C)CC. The van der Waals surface area contributed by atoms with E-state index in [1.807, 2.05) is 19.1 Å². The van der Waals surface area contributed by atoms with Crippen LogP contribution in [0.4, 0.5) is 0 Å². The topological polar surface area (TPSA) is 20.2 Å². The Balaban J connectivity index is 0. The van der Waals surface area contributed by atoms with Crippen LogP contribution in [0.2, 0.25) is 0 Å². The maximum Gasteiger partial charge on any atom is 0.0517 e. The van der Waals surface area contributed by atoms with Crippen LogP contribution < -0.4 is 0 Å². The van der Waals surface area contributed by atoms with E-state index in [0.29, 0.717) is 5.92 Å². The van der Waals surface area contributed by atoms with Gasteiger partial charge in [-0.05, 0) is 38.0 Å². The van der Waals surface area contributed by atoms with Crippen molar-refractivity contribution in [1.29, 1.82) is 0 Å². The molecule has 0 radical (unpaired) electrons. The summed E-state index contributed by atoms with van der Waals surface area (Å²) in [5, 5.41) is 8.81. The van der Waals surface area contributed by atoms with Gasteiger partial charge in [-0.25, -0.2) is 0 Å². The summed E-state index contributed by atoms with van der Waals surface area (Å²) in [6, 6.07) is 0. The minimum absolute atomic E-state index is 0.192. The van der Waals surface area contributed by atoms with Gasteiger partial charge in [0, 0.05) is 0 Å². The zero-order valence-corrected chi connectivity index (χ0v) is 11.6. The fourth-order valence-electron chi connectivity index (χ4n) is 1.24. The van der Waals surface area contributed by atoms with Gasteiger partial charge < -0.3 is 5.11 Å². The van der Waals surface area contributed by atoms with Crippen molar-refractivity contribution < 1.29 is 5.11 Å². The molecule has 0 rings (SSSR count). The minimum atomic E-state index is -0.192. The average Bonchev–Trinajstić information content (AvgIpc) is 2.25. The van der Waals surface area contributed by atoms with Crippen LogP contribution in [0.25, 0.3) is 0 Å². The molecule has 0 aromatic heterocycles. The molecule has 1 N–H and O–H groups in total. The Kier molecular flexibility index (Phi) is 13.9. The number of aliphatic hydroxyl groups is 1. The lowest BCUT2D eigenvalue weighted by molar-refractivity contribution is 0.172. The Labute approximate surface area is 102 Å². The van der Waals surface area contributed by atoms with Crippen LogP contribution in [-0.4, -0.2) is 11.2 Å². The van der Waals surface area contributed by atoms with Gasteiger partial charge in [-0.3, -0.25) is 0 Å². The van der Waals surface area contributed by atoms with Crippen molar-refractivity contribution in [2.45, 2.75) is 59.5 Å². The summed E-state index contributed by atoms with van der Waals surface area (Å²) in [6.45, 7) is 15.6. The molecule has 0 aliphatic carbocycles. The zero-order valence-electron chi connectivity index (χ0n) is 11.6. The van der Waals surface area contributed by atoms with Crippen molar-refractivity contribution in [3.8, 4) is 0 Å². The Morgan fingerprint density at radius 2 is 1.75 bits per heavy atom. The van der Waals surface area contributed by atoms with E-state index in [1.54, 1.807) is 6.92 Å². The molecule has 96 valence electrons. The highest BCUT2D eigenvalue weighted by Gasteiger charge is 1.99. The highest BCUT2D eigenvalue weighted by molar-refractivity contribution is 4.75. The van der Waals surface area contributed by atoms with Crippen molar-refractivity contribution >= 4 is 0 Å². The fraction of sp³-hybridized carbons (Fsp3) is 0.733. The smallest absolute Gasteiger partial charge is 0.0517 e. The molecule has 3 atom stereocenters. The molecule has 16 heavy (non-hydrogen) atoms. The minimum Gasteiger partial charge on any atom is -0.393 e. The Morgan fingerprint density at radius 1 is 1.19 bits per heavy atom. The first kappa shape index (κ1) is 17.8. The molecule has 1 heteroatoms. The second-order valence-electron chi connectivity index (χ2n) is 4.68. The van der Waals surface area contributed by atoms with Crippen LogP contribution in [0, 0.1) is 11.8 Å². The highest BCUT2D eigenvalue weighted by Crippen LogP contribution is 2.08. The summed E-state index contributed by atoms with van der Waals surface area (Å²) in [7, 11) is 0. The molecule has 0 aromatic carbocycles. The molecule has 0 saturated heterocycles. The van der Waals surface area contributed by atoms with Crippen LogP contribution in [-0.2, 0) is 0 Å². The third kappa shape index (κ3) is 15.9. The molecule has 0 aliphatic rings. The van der Waals surface area contributed by atoms with Crippen molar-refractivity contribution in [3.63, 3.8) is 0 Å². The predicted molar refractivity (Wildman–Crippen MR) is 74.5 cm³/mol. The van der Waals surface area contributed by atoms with E-state index >= 15 is 0 Å².